The predicted molar refractivity (Wildman–Crippen MR) is 66.4 cm³/mol. The quantitative estimate of drug-likeness (QED) is 0.765. The van der Waals surface area contributed by atoms with Crippen molar-refractivity contribution in [1.29, 1.82) is 0 Å². The molecule has 90 valence electrons. The van der Waals surface area contributed by atoms with Gasteiger partial charge in [-0.25, -0.2) is 0 Å². The maximum Gasteiger partial charge on any atom is 0.0465 e. The van der Waals surface area contributed by atoms with Crippen molar-refractivity contribution in [2.45, 2.75) is 25.8 Å². The van der Waals surface area contributed by atoms with Crippen LogP contribution in [0.15, 0.2) is 24.5 Å². The Kier molecular flexibility index (Phi) is 6.04. The number of likely N-dealkylation sites (N-methyl/N-ethyl adjacent to an activating group) is 1. The summed E-state index contributed by atoms with van der Waals surface area (Å²) in [5.41, 5.74) is 1.33. The molecule has 2 unspecified atom stereocenters. The molecule has 0 aliphatic carbocycles. The summed E-state index contributed by atoms with van der Waals surface area (Å²) in [7, 11) is 3.78. The second-order valence-corrected chi connectivity index (χ2v) is 4.21. The van der Waals surface area contributed by atoms with Crippen LogP contribution in [0.2, 0.25) is 0 Å². The summed E-state index contributed by atoms with van der Waals surface area (Å²) in [6.07, 6.45) is 5.83. The van der Waals surface area contributed by atoms with E-state index in [2.05, 4.69) is 29.4 Å². The molecule has 2 atom stereocenters. The Labute approximate surface area is 98.2 Å². The number of hydrogen-bond donors (Lipinski definition) is 1. The number of ether oxygens (including phenoxy) is 1. The van der Waals surface area contributed by atoms with Crippen LogP contribution in [0.1, 0.15) is 18.9 Å². The van der Waals surface area contributed by atoms with Crippen molar-refractivity contribution in [2.24, 2.45) is 5.92 Å². The number of nitrogens with one attached hydrogen (secondary N) is 1. The summed E-state index contributed by atoms with van der Waals surface area (Å²) in [6.45, 7) is 3.09. The van der Waals surface area contributed by atoms with Gasteiger partial charge in [-0.15, -0.1) is 0 Å². The van der Waals surface area contributed by atoms with Crippen molar-refractivity contribution in [3.05, 3.63) is 30.1 Å². The first-order valence-electron chi connectivity index (χ1n) is 5.83. The van der Waals surface area contributed by atoms with Crippen LogP contribution in [0.3, 0.4) is 0 Å². The maximum absolute atomic E-state index is 5.12. The molecule has 0 amide bonds. The zero-order valence-corrected chi connectivity index (χ0v) is 10.4. The fourth-order valence-corrected chi connectivity index (χ4v) is 1.87. The van der Waals surface area contributed by atoms with Crippen LogP contribution in [0, 0.1) is 5.92 Å². The zero-order chi connectivity index (χ0) is 11.8. The maximum atomic E-state index is 5.12. The lowest BCUT2D eigenvalue weighted by atomic mass is 9.93. The van der Waals surface area contributed by atoms with E-state index in [4.69, 9.17) is 4.74 Å². The molecule has 0 bridgehead atoms. The van der Waals surface area contributed by atoms with Crippen LogP contribution in [-0.4, -0.2) is 31.8 Å². The van der Waals surface area contributed by atoms with E-state index in [1.807, 2.05) is 19.4 Å². The Morgan fingerprint density at radius 2 is 2.06 bits per heavy atom. The van der Waals surface area contributed by atoms with Gasteiger partial charge < -0.3 is 10.1 Å². The molecule has 0 aliphatic rings. The third-order valence-corrected chi connectivity index (χ3v) is 3.04. The number of rotatable bonds is 7. The molecule has 1 aromatic heterocycles. The monoisotopic (exact) mass is 222 g/mol. The number of pyridine rings is 1. The molecule has 1 rings (SSSR count). The van der Waals surface area contributed by atoms with E-state index < -0.39 is 0 Å². The van der Waals surface area contributed by atoms with Crippen LogP contribution in [0.25, 0.3) is 0 Å². The van der Waals surface area contributed by atoms with E-state index in [0.717, 1.165) is 19.4 Å². The summed E-state index contributed by atoms with van der Waals surface area (Å²) in [5, 5.41) is 3.38. The lowest BCUT2D eigenvalue weighted by molar-refractivity contribution is 0.171. The number of hydrogen-bond acceptors (Lipinski definition) is 3. The summed E-state index contributed by atoms with van der Waals surface area (Å²) >= 11 is 0. The molecule has 3 nitrogen and oxygen atoms in total. The average Bonchev–Trinajstić information content (AvgIpc) is 2.34. The van der Waals surface area contributed by atoms with Gasteiger partial charge in [-0.1, -0.05) is 6.92 Å². The van der Waals surface area contributed by atoms with E-state index in [1.165, 1.54) is 5.56 Å². The molecule has 1 aromatic rings. The molecule has 0 saturated heterocycles. The van der Waals surface area contributed by atoms with Crippen LogP contribution < -0.4 is 5.32 Å². The van der Waals surface area contributed by atoms with E-state index in [9.17, 15) is 0 Å². The highest BCUT2D eigenvalue weighted by atomic mass is 16.5. The summed E-state index contributed by atoms with van der Waals surface area (Å²) in [5.74, 6) is 0.609. The summed E-state index contributed by atoms with van der Waals surface area (Å²) < 4.78 is 5.12. The Bertz CT molecular complexity index is 277. The molecule has 0 spiro atoms. The van der Waals surface area contributed by atoms with Crippen molar-refractivity contribution < 1.29 is 4.74 Å². The van der Waals surface area contributed by atoms with Gasteiger partial charge in [0.05, 0.1) is 0 Å². The second-order valence-electron chi connectivity index (χ2n) is 4.21. The normalized spacial score (nSPS) is 14.7. The highest BCUT2D eigenvalue weighted by molar-refractivity contribution is 5.11. The smallest absolute Gasteiger partial charge is 0.0465 e. The van der Waals surface area contributed by atoms with Gasteiger partial charge in [0.15, 0.2) is 0 Å². The summed E-state index contributed by atoms with van der Waals surface area (Å²) in [4.78, 5) is 4.03. The first kappa shape index (κ1) is 13.1. The van der Waals surface area contributed by atoms with Gasteiger partial charge in [0.1, 0.15) is 0 Å². The van der Waals surface area contributed by atoms with Crippen molar-refractivity contribution in [2.75, 3.05) is 20.8 Å². The zero-order valence-electron chi connectivity index (χ0n) is 10.4. The van der Waals surface area contributed by atoms with Gasteiger partial charge in [-0.05, 0) is 43.5 Å². The molecular weight excluding hydrogens is 200 g/mol. The van der Waals surface area contributed by atoms with E-state index in [0.29, 0.717) is 12.0 Å². The molecule has 16 heavy (non-hydrogen) atoms. The first-order chi connectivity index (χ1) is 7.77. The highest BCUT2D eigenvalue weighted by Crippen LogP contribution is 2.13. The topological polar surface area (TPSA) is 34.2 Å². The van der Waals surface area contributed by atoms with Crippen molar-refractivity contribution >= 4 is 0 Å². The van der Waals surface area contributed by atoms with E-state index in [-0.39, 0.29) is 0 Å². The number of aromatic nitrogens is 1. The minimum absolute atomic E-state index is 0.498. The van der Waals surface area contributed by atoms with Crippen molar-refractivity contribution in [1.82, 2.24) is 10.3 Å². The molecule has 0 radical (unpaired) electrons. The van der Waals surface area contributed by atoms with Gasteiger partial charge in [-0.3, -0.25) is 4.98 Å². The molecule has 0 aliphatic heterocycles. The summed E-state index contributed by atoms with van der Waals surface area (Å²) in [6, 6.07) is 4.65. The van der Waals surface area contributed by atoms with Gasteiger partial charge in [0.25, 0.3) is 0 Å². The number of methoxy groups -OCH3 is 1. The lowest BCUT2D eigenvalue weighted by Gasteiger charge is -2.23. The second kappa shape index (κ2) is 7.36. The van der Waals surface area contributed by atoms with Crippen LogP contribution >= 0.6 is 0 Å². The Balaban J connectivity index is 2.48. The SMILES string of the molecule is CNC(Cc1ccncc1)C(C)CCOC. The Morgan fingerprint density at radius 3 is 2.62 bits per heavy atom. The molecule has 0 fully saturated rings. The molecule has 1 heterocycles. The van der Waals surface area contributed by atoms with Gasteiger partial charge in [0, 0.05) is 32.2 Å². The van der Waals surface area contributed by atoms with Gasteiger partial charge in [-0.2, -0.15) is 0 Å². The largest absolute Gasteiger partial charge is 0.385 e. The van der Waals surface area contributed by atoms with E-state index in [1.54, 1.807) is 7.11 Å². The molecule has 0 saturated carbocycles. The molecular formula is C13H22N2O. The van der Waals surface area contributed by atoms with Crippen LogP contribution in [-0.2, 0) is 11.2 Å². The highest BCUT2D eigenvalue weighted by Gasteiger charge is 2.15. The molecule has 0 aromatic carbocycles. The van der Waals surface area contributed by atoms with Crippen molar-refractivity contribution in [3.63, 3.8) is 0 Å². The third kappa shape index (κ3) is 4.29. The Hall–Kier alpha value is -0.930. The molecule has 1 N–H and O–H groups in total. The van der Waals surface area contributed by atoms with Gasteiger partial charge in [0.2, 0.25) is 0 Å². The van der Waals surface area contributed by atoms with Crippen LogP contribution in [0.4, 0.5) is 0 Å². The fourth-order valence-electron chi connectivity index (χ4n) is 1.87. The van der Waals surface area contributed by atoms with E-state index >= 15 is 0 Å². The third-order valence-electron chi connectivity index (χ3n) is 3.04. The minimum Gasteiger partial charge on any atom is -0.385 e. The molecule has 3 heteroatoms. The lowest BCUT2D eigenvalue weighted by Crippen LogP contribution is -2.34. The fraction of sp³-hybridized carbons (Fsp3) is 0.615. The minimum atomic E-state index is 0.498. The predicted octanol–water partition coefficient (Wildman–Crippen LogP) is 1.88. The van der Waals surface area contributed by atoms with Crippen molar-refractivity contribution in [3.8, 4) is 0 Å². The number of nitrogens with zero attached hydrogens (tertiary/aromatic N) is 1. The van der Waals surface area contributed by atoms with Crippen LogP contribution in [0.5, 0.6) is 0 Å². The van der Waals surface area contributed by atoms with Gasteiger partial charge >= 0.3 is 0 Å². The Morgan fingerprint density at radius 1 is 1.38 bits per heavy atom. The standard InChI is InChI=1S/C13H22N2O/c1-11(6-9-16-3)13(14-2)10-12-4-7-15-8-5-12/h4-5,7-8,11,13-14H,6,9-10H2,1-3H3. The first-order valence-corrected chi connectivity index (χ1v) is 5.83. The average molecular weight is 222 g/mol.